The summed E-state index contributed by atoms with van der Waals surface area (Å²) in [6, 6.07) is 11.7. The van der Waals surface area contributed by atoms with Crippen molar-refractivity contribution in [3.05, 3.63) is 65.2 Å². The fourth-order valence-electron chi connectivity index (χ4n) is 2.34. The zero-order valence-electron chi connectivity index (χ0n) is 12.2. The van der Waals surface area contributed by atoms with Crippen LogP contribution in [-0.4, -0.2) is 13.1 Å². The highest BCUT2D eigenvalue weighted by Crippen LogP contribution is 2.23. The van der Waals surface area contributed by atoms with Crippen LogP contribution in [0.3, 0.4) is 0 Å². The van der Waals surface area contributed by atoms with Crippen LogP contribution < -0.4 is 10.6 Å². The summed E-state index contributed by atoms with van der Waals surface area (Å²) in [5.74, 6) is -1.07. The number of aryl methyl sites for hydroxylation is 1. The number of benzene rings is 2. The molecule has 0 fully saturated rings. The molecular weight excluding hydrogens is 270 g/mol. The van der Waals surface area contributed by atoms with E-state index in [2.05, 4.69) is 4.90 Å². The Bertz CT molecular complexity index is 599. The third kappa shape index (κ3) is 4.02. The van der Waals surface area contributed by atoms with Crippen molar-refractivity contribution in [1.82, 2.24) is 0 Å². The van der Waals surface area contributed by atoms with Crippen molar-refractivity contribution in [3.8, 4) is 0 Å². The summed E-state index contributed by atoms with van der Waals surface area (Å²) in [7, 11) is 0. The van der Waals surface area contributed by atoms with Gasteiger partial charge in [0, 0.05) is 30.4 Å². The van der Waals surface area contributed by atoms with Gasteiger partial charge in [0.25, 0.3) is 0 Å². The van der Waals surface area contributed by atoms with Crippen LogP contribution in [0.25, 0.3) is 0 Å². The lowest BCUT2D eigenvalue weighted by atomic mass is 10.1. The summed E-state index contributed by atoms with van der Waals surface area (Å²) in [4.78, 5) is 2.08. The minimum Gasteiger partial charge on any atom is -0.367 e. The molecule has 4 heteroatoms. The van der Waals surface area contributed by atoms with Gasteiger partial charge in [-0.05, 0) is 37.6 Å². The first-order chi connectivity index (χ1) is 10.1. The molecule has 112 valence electrons. The molecule has 0 aliphatic carbocycles. The molecule has 0 unspecified atom stereocenters. The van der Waals surface area contributed by atoms with Gasteiger partial charge in [-0.2, -0.15) is 0 Å². The van der Waals surface area contributed by atoms with Crippen LogP contribution in [0.15, 0.2) is 42.5 Å². The Balaban J connectivity index is 2.26. The molecule has 0 heterocycles. The van der Waals surface area contributed by atoms with E-state index in [1.807, 2.05) is 31.2 Å². The van der Waals surface area contributed by atoms with Crippen molar-refractivity contribution in [3.63, 3.8) is 0 Å². The third-order valence-corrected chi connectivity index (χ3v) is 3.46. The molecule has 0 bridgehead atoms. The molecule has 2 N–H and O–H groups in total. The highest BCUT2D eigenvalue weighted by atomic mass is 19.1. The molecule has 2 nitrogen and oxygen atoms in total. The molecule has 2 aromatic rings. The number of para-hydroxylation sites is 1. The van der Waals surface area contributed by atoms with Crippen LogP contribution >= 0.6 is 0 Å². The SMILES string of the molecule is Cc1ccccc1N(CCCN)Cc1ccc(F)cc1F. The maximum Gasteiger partial charge on any atom is 0.131 e. The second kappa shape index (κ2) is 7.18. The Kier molecular flexibility index (Phi) is 5.28. The Hall–Kier alpha value is -1.94. The summed E-state index contributed by atoms with van der Waals surface area (Å²) < 4.78 is 26.9. The van der Waals surface area contributed by atoms with Gasteiger partial charge in [0.15, 0.2) is 0 Å². The van der Waals surface area contributed by atoms with Crippen molar-refractivity contribution in [2.24, 2.45) is 5.73 Å². The summed E-state index contributed by atoms with van der Waals surface area (Å²) in [6.07, 6.45) is 0.817. The van der Waals surface area contributed by atoms with Crippen LogP contribution in [0.2, 0.25) is 0 Å². The zero-order chi connectivity index (χ0) is 15.2. The third-order valence-electron chi connectivity index (χ3n) is 3.46. The molecule has 21 heavy (non-hydrogen) atoms. The van der Waals surface area contributed by atoms with E-state index < -0.39 is 11.6 Å². The second-order valence-electron chi connectivity index (χ2n) is 5.09. The Labute approximate surface area is 124 Å². The van der Waals surface area contributed by atoms with Crippen LogP contribution in [0.5, 0.6) is 0 Å². The van der Waals surface area contributed by atoms with E-state index in [4.69, 9.17) is 5.73 Å². The van der Waals surface area contributed by atoms with Crippen LogP contribution in [0, 0.1) is 18.6 Å². The number of hydrogen-bond acceptors (Lipinski definition) is 2. The van der Waals surface area contributed by atoms with Crippen molar-refractivity contribution in [1.29, 1.82) is 0 Å². The number of anilines is 1. The Morgan fingerprint density at radius 3 is 2.52 bits per heavy atom. The monoisotopic (exact) mass is 290 g/mol. The van der Waals surface area contributed by atoms with E-state index in [0.717, 1.165) is 30.3 Å². The van der Waals surface area contributed by atoms with Gasteiger partial charge in [0.2, 0.25) is 0 Å². The van der Waals surface area contributed by atoms with Crippen LogP contribution in [0.4, 0.5) is 14.5 Å². The molecule has 0 aromatic heterocycles. The second-order valence-corrected chi connectivity index (χ2v) is 5.09. The fraction of sp³-hybridized carbons (Fsp3) is 0.294. The predicted molar refractivity (Wildman–Crippen MR) is 82.3 cm³/mol. The maximum atomic E-state index is 13.9. The van der Waals surface area contributed by atoms with E-state index in [0.29, 0.717) is 18.7 Å². The zero-order valence-corrected chi connectivity index (χ0v) is 12.2. The number of halogens is 2. The molecule has 0 atom stereocenters. The van der Waals surface area contributed by atoms with Crippen LogP contribution in [0.1, 0.15) is 17.5 Å². The Morgan fingerprint density at radius 1 is 1.10 bits per heavy atom. The number of nitrogens with two attached hydrogens (primary N) is 1. The topological polar surface area (TPSA) is 29.3 Å². The highest BCUT2D eigenvalue weighted by Gasteiger charge is 2.12. The molecule has 2 aromatic carbocycles. The van der Waals surface area contributed by atoms with Crippen molar-refractivity contribution < 1.29 is 8.78 Å². The normalized spacial score (nSPS) is 10.7. The average molecular weight is 290 g/mol. The molecule has 0 aliphatic heterocycles. The molecule has 0 radical (unpaired) electrons. The largest absolute Gasteiger partial charge is 0.367 e. The minimum absolute atomic E-state index is 0.400. The minimum atomic E-state index is -0.555. The van der Waals surface area contributed by atoms with Gasteiger partial charge in [-0.25, -0.2) is 8.78 Å². The summed E-state index contributed by atoms with van der Waals surface area (Å²) in [6.45, 7) is 3.73. The first-order valence-corrected chi connectivity index (χ1v) is 7.06. The van der Waals surface area contributed by atoms with Crippen molar-refractivity contribution >= 4 is 5.69 Å². The van der Waals surface area contributed by atoms with Gasteiger partial charge in [0.1, 0.15) is 11.6 Å². The lowest BCUT2D eigenvalue weighted by Crippen LogP contribution is -2.26. The molecule has 0 saturated carbocycles. The number of hydrogen-bond donors (Lipinski definition) is 1. The van der Waals surface area contributed by atoms with Gasteiger partial charge in [-0.3, -0.25) is 0 Å². The van der Waals surface area contributed by atoms with Crippen LogP contribution in [-0.2, 0) is 6.54 Å². The van der Waals surface area contributed by atoms with Gasteiger partial charge >= 0.3 is 0 Å². The van der Waals surface area contributed by atoms with Gasteiger partial charge < -0.3 is 10.6 Å². The predicted octanol–water partition coefficient (Wildman–Crippen LogP) is 3.63. The van der Waals surface area contributed by atoms with Crippen molar-refractivity contribution in [2.75, 3.05) is 18.0 Å². The molecule has 0 spiro atoms. The van der Waals surface area contributed by atoms with Gasteiger partial charge in [0.05, 0.1) is 0 Å². The quantitative estimate of drug-likeness (QED) is 0.880. The lowest BCUT2D eigenvalue weighted by molar-refractivity contribution is 0.568. The fourth-order valence-corrected chi connectivity index (χ4v) is 2.34. The van der Waals surface area contributed by atoms with E-state index in [1.54, 1.807) is 0 Å². The molecular formula is C17H20F2N2. The number of rotatable bonds is 6. The maximum absolute atomic E-state index is 13.9. The first kappa shape index (κ1) is 15.4. The summed E-state index contributed by atoms with van der Waals surface area (Å²) in [5, 5.41) is 0. The van der Waals surface area contributed by atoms with E-state index >= 15 is 0 Å². The molecule has 0 aliphatic rings. The summed E-state index contributed by atoms with van der Waals surface area (Å²) in [5.41, 5.74) is 8.24. The Morgan fingerprint density at radius 2 is 1.86 bits per heavy atom. The molecule has 0 saturated heterocycles. The molecule has 2 rings (SSSR count). The van der Waals surface area contributed by atoms with E-state index in [9.17, 15) is 8.78 Å². The van der Waals surface area contributed by atoms with E-state index in [1.165, 1.54) is 12.1 Å². The molecule has 0 amide bonds. The summed E-state index contributed by atoms with van der Waals surface area (Å²) >= 11 is 0. The lowest BCUT2D eigenvalue weighted by Gasteiger charge is -2.26. The number of nitrogens with zero attached hydrogens (tertiary/aromatic N) is 1. The first-order valence-electron chi connectivity index (χ1n) is 7.06. The van der Waals surface area contributed by atoms with E-state index in [-0.39, 0.29) is 0 Å². The smallest absolute Gasteiger partial charge is 0.131 e. The van der Waals surface area contributed by atoms with Gasteiger partial charge in [-0.1, -0.05) is 24.3 Å². The highest BCUT2D eigenvalue weighted by molar-refractivity contribution is 5.53. The standard InChI is InChI=1S/C17H20F2N2/c1-13-5-2-3-6-17(13)21(10-4-9-20)12-14-7-8-15(18)11-16(14)19/h2-3,5-8,11H,4,9-10,12,20H2,1H3. The average Bonchev–Trinajstić information content (AvgIpc) is 2.46. The van der Waals surface area contributed by atoms with Crippen molar-refractivity contribution in [2.45, 2.75) is 19.9 Å². The van der Waals surface area contributed by atoms with Gasteiger partial charge in [-0.15, -0.1) is 0 Å².